The molecule has 6 heteroatoms. The van der Waals surface area contributed by atoms with E-state index in [9.17, 15) is 24.6 Å². The first-order chi connectivity index (χ1) is 15.2. The lowest BCUT2D eigenvalue weighted by Crippen LogP contribution is -2.63. The Morgan fingerprint density at radius 2 is 1.82 bits per heavy atom. The van der Waals surface area contributed by atoms with E-state index in [1.807, 2.05) is 27.7 Å². The predicted octanol–water partition coefficient (Wildman–Crippen LogP) is 3.85. The molecule has 6 nitrogen and oxygen atoms in total. The van der Waals surface area contributed by atoms with Crippen molar-refractivity contribution in [3.8, 4) is 0 Å². The molecule has 2 N–H and O–H groups in total. The van der Waals surface area contributed by atoms with Gasteiger partial charge in [-0.15, -0.1) is 0 Å². The van der Waals surface area contributed by atoms with Crippen LogP contribution in [0.3, 0.4) is 0 Å². The molecule has 4 fully saturated rings. The van der Waals surface area contributed by atoms with E-state index in [2.05, 4.69) is 6.92 Å². The number of hydrogen-bond acceptors (Lipinski definition) is 6. The minimum Gasteiger partial charge on any atom is -0.458 e. The zero-order valence-electron chi connectivity index (χ0n) is 21.0. The van der Waals surface area contributed by atoms with Gasteiger partial charge in [-0.2, -0.15) is 0 Å². The zero-order valence-corrected chi connectivity index (χ0v) is 21.0. The molecule has 4 aliphatic rings. The van der Waals surface area contributed by atoms with Crippen molar-refractivity contribution in [2.24, 2.45) is 39.9 Å². The van der Waals surface area contributed by atoms with E-state index in [1.54, 1.807) is 0 Å². The van der Waals surface area contributed by atoms with Crippen molar-refractivity contribution in [3.05, 3.63) is 0 Å². The normalized spacial score (nSPS) is 45.1. The summed E-state index contributed by atoms with van der Waals surface area (Å²) in [5.41, 5.74) is -2.63. The van der Waals surface area contributed by atoms with E-state index in [1.165, 1.54) is 0 Å². The second-order valence-corrected chi connectivity index (χ2v) is 13.2. The van der Waals surface area contributed by atoms with Crippen LogP contribution in [0.5, 0.6) is 0 Å². The van der Waals surface area contributed by atoms with Gasteiger partial charge in [0.1, 0.15) is 11.4 Å². The molecule has 4 aliphatic carbocycles. The molecular formula is C27H42O6. The van der Waals surface area contributed by atoms with Crippen LogP contribution in [0.4, 0.5) is 0 Å². The Hall–Kier alpha value is -1.27. The van der Waals surface area contributed by atoms with Gasteiger partial charge in [-0.3, -0.25) is 14.4 Å². The number of aliphatic hydroxyl groups is 2. The third kappa shape index (κ3) is 3.99. The maximum Gasteiger partial charge on any atom is 0.306 e. The Morgan fingerprint density at radius 1 is 1.12 bits per heavy atom. The fraction of sp³-hybridized carbons (Fsp3) is 0.889. The fourth-order valence-corrected chi connectivity index (χ4v) is 8.38. The molecule has 0 heterocycles. The van der Waals surface area contributed by atoms with Gasteiger partial charge < -0.3 is 14.9 Å². The molecule has 0 aliphatic heterocycles. The molecule has 0 saturated heterocycles. The standard InChI is InChI=1S/C27H42O6/c1-24(2,3)14-22(31)33-15-21(30)27(32)11-9-19-18-7-6-16-12-17(28)8-10-25(16,4)23(18)20(29)13-26(19,27)5/h16,18-20,23,29,32H,6-15H2,1-5H3/t16-,18-,19-,20-,23?,25-,26-,27-/m0/s1. The van der Waals surface area contributed by atoms with E-state index in [4.69, 9.17) is 4.74 Å². The van der Waals surface area contributed by atoms with Crippen LogP contribution in [0.1, 0.15) is 92.4 Å². The quantitative estimate of drug-likeness (QED) is 0.616. The molecule has 1 unspecified atom stereocenters. The molecule has 33 heavy (non-hydrogen) atoms. The lowest BCUT2D eigenvalue weighted by molar-refractivity contribution is -0.199. The minimum atomic E-state index is -1.59. The average Bonchev–Trinajstić information content (AvgIpc) is 2.96. The topological polar surface area (TPSA) is 101 Å². The molecule has 0 aromatic heterocycles. The van der Waals surface area contributed by atoms with Gasteiger partial charge in [-0.25, -0.2) is 0 Å². The Balaban J connectivity index is 1.53. The Morgan fingerprint density at radius 3 is 2.48 bits per heavy atom. The number of carbonyl (C=O) groups is 3. The first-order valence-electron chi connectivity index (χ1n) is 12.8. The Bertz CT molecular complexity index is 829. The summed E-state index contributed by atoms with van der Waals surface area (Å²) in [4.78, 5) is 37.5. The van der Waals surface area contributed by atoms with Crippen molar-refractivity contribution in [3.63, 3.8) is 0 Å². The van der Waals surface area contributed by atoms with Crippen molar-refractivity contribution >= 4 is 17.5 Å². The van der Waals surface area contributed by atoms with Crippen molar-refractivity contribution in [1.29, 1.82) is 0 Å². The second-order valence-electron chi connectivity index (χ2n) is 13.2. The lowest BCUT2D eigenvalue weighted by atomic mass is 9.43. The summed E-state index contributed by atoms with van der Waals surface area (Å²) in [5, 5.41) is 23.2. The van der Waals surface area contributed by atoms with Crippen LogP contribution in [-0.4, -0.2) is 46.1 Å². The van der Waals surface area contributed by atoms with Gasteiger partial charge in [-0.1, -0.05) is 34.6 Å². The van der Waals surface area contributed by atoms with Crippen molar-refractivity contribution < 1.29 is 29.3 Å². The Labute approximate surface area is 197 Å². The summed E-state index contributed by atoms with van der Waals surface area (Å²) >= 11 is 0. The lowest BCUT2D eigenvalue weighted by Gasteiger charge is -2.62. The first kappa shape index (κ1) is 24.8. The molecule has 4 rings (SSSR count). The minimum absolute atomic E-state index is 0.0647. The van der Waals surface area contributed by atoms with Crippen LogP contribution in [0.25, 0.3) is 0 Å². The van der Waals surface area contributed by atoms with Gasteiger partial charge >= 0.3 is 5.97 Å². The number of aliphatic hydroxyl groups excluding tert-OH is 1. The van der Waals surface area contributed by atoms with Crippen LogP contribution in [-0.2, 0) is 19.1 Å². The summed E-state index contributed by atoms with van der Waals surface area (Å²) < 4.78 is 5.27. The highest BCUT2D eigenvalue weighted by Crippen LogP contribution is 2.68. The number of carbonyl (C=O) groups excluding carboxylic acids is 3. The summed E-state index contributed by atoms with van der Waals surface area (Å²) in [6, 6.07) is 0. The molecule has 0 radical (unpaired) electrons. The summed E-state index contributed by atoms with van der Waals surface area (Å²) in [5.74, 6) is 0.268. The van der Waals surface area contributed by atoms with Gasteiger partial charge in [0.25, 0.3) is 0 Å². The molecule has 186 valence electrons. The number of esters is 1. The number of fused-ring (bicyclic) bond motifs is 5. The Kier molecular flexibility index (Phi) is 6.14. The monoisotopic (exact) mass is 462 g/mol. The summed E-state index contributed by atoms with van der Waals surface area (Å²) in [6.45, 7) is 9.60. The molecule has 0 aromatic carbocycles. The number of ether oxygens (including phenoxy) is 1. The predicted molar refractivity (Wildman–Crippen MR) is 123 cm³/mol. The van der Waals surface area contributed by atoms with Crippen LogP contribution < -0.4 is 0 Å². The molecule has 0 aromatic rings. The van der Waals surface area contributed by atoms with Gasteiger partial charge in [0.05, 0.1) is 12.5 Å². The van der Waals surface area contributed by atoms with E-state index >= 15 is 0 Å². The molecule has 0 amide bonds. The number of Topliss-reactive ketones (excluding diaryl/α,β-unsaturated/α-hetero) is 2. The summed E-state index contributed by atoms with van der Waals surface area (Å²) in [6.07, 6.45) is 4.99. The van der Waals surface area contributed by atoms with Crippen molar-refractivity contribution in [2.45, 2.75) is 104 Å². The van der Waals surface area contributed by atoms with Gasteiger partial charge in [0.2, 0.25) is 5.78 Å². The van der Waals surface area contributed by atoms with E-state index < -0.39 is 35.5 Å². The SMILES string of the molecule is CC(C)(C)CC(=O)OCC(=O)[C@@]1(O)CC[C@H]2[C@@H]3CC[C@H]4CC(=O)CC[C@]4(C)C3[C@@H](O)C[C@@]21C. The highest BCUT2D eigenvalue weighted by Gasteiger charge is 2.68. The molecule has 0 spiro atoms. The second kappa shape index (κ2) is 8.15. The zero-order chi connectivity index (χ0) is 24.4. The first-order valence-corrected chi connectivity index (χ1v) is 12.8. The highest BCUT2D eigenvalue weighted by molar-refractivity contribution is 5.91. The number of hydrogen-bond donors (Lipinski definition) is 2. The van der Waals surface area contributed by atoms with Crippen LogP contribution >= 0.6 is 0 Å². The van der Waals surface area contributed by atoms with Crippen molar-refractivity contribution in [1.82, 2.24) is 0 Å². The highest BCUT2D eigenvalue weighted by atomic mass is 16.5. The van der Waals surface area contributed by atoms with E-state index in [0.29, 0.717) is 37.4 Å². The maximum atomic E-state index is 13.2. The van der Waals surface area contributed by atoms with Crippen LogP contribution in [0, 0.1) is 39.9 Å². The molecule has 8 atom stereocenters. The number of rotatable bonds is 4. The van der Waals surface area contributed by atoms with Crippen LogP contribution in [0.2, 0.25) is 0 Å². The smallest absolute Gasteiger partial charge is 0.306 e. The summed E-state index contributed by atoms with van der Waals surface area (Å²) in [7, 11) is 0. The van der Waals surface area contributed by atoms with Crippen molar-refractivity contribution in [2.75, 3.05) is 6.61 Å². The third-order valence-corrected chi connectivity index (χ3v) is 10.1. The van der Waals surface area contributed by atoms with Gasteiger partial charge in [0.15, 0.2) is 6.61 Å². The third-order valence-electron chi connectivity index (χ3n) is 10.1. The van der Waals surface area contributed by atoms with E-state index in [0.717, 1.165) is 25.7 Å². The van der Waals surface area contributed by atoms with E-state index in [-0.39, 0.29) is 35.0 Å². The fourth-order valence-electron chi connectivity index (χ4n) is 8.38. The molecule has 0 bridgehead atoms. The number of ketones is 2. The molecular weight excluding hydrogens is 420 g/mol. The van der Waals surface area contributed by atoms with Gasteiger partial charge in [-0.05, 0) is 73.0 Å². The maximum absolute atomic E-state index is 13.2. The average molecular weight is 463 g/mol. The largest absolute Gasteiger partial charge is 0.458 e. The molecule has 4 saturated carbocycles. The van der Waals surface area contributed by atoms with Crippen LogP contribution in [0.15, 0.2) is 0 Å². The van der Waals surface area contributed by atoms with Gasteiger partial charge in [0, 0.05) is 18.3 Å².